The fourth-order valence-electron chi connectivity index (χ4n) is 8.95. The number of rotatable bonds is 4. The average Bonchev–Trinajstić information content (AvgIpc) is 3.15. The summed E-state index contributed by atoms with van der Waals surface area (Å²) in [5.41, 5.74) is 7.67. The van der Waals surface area contributed by atoms with Gasteiger partial charge < -0.3 is 5.11 Å². The van der Waals surface area contributed by atoms with Crippen LogP contribution in [0.3, 0.4) is 0 Å². The van der Waals surface area contributed by atoms with Crippen LogP contribution in [0.5, 0.6) is 0 Å². The van der Waals surface area contributed by atoms with Crippen molar-refractivity contribution in [1.29, 1.82) is 0 Å². The minimum atomic E-state index is -0.112. The highest BCUT2D eigenvalue weighted by atomic mass is 16.3. The van der Waals surface area contributed by atoms with Crippen LogP contribution in [0.2, 0.25) is 0 Å². The Balaban J connectivity index is 1.26. The van der Waals surface area contributed by atoms with Crippen LogP contribution in [0.4, 0.5) is 0 Å². The lowest BCUT2D eigenvalue weighted by Crippen LogP contribution is -2.56. The molecule has 0 bridgehead atoms. The van der Waals surface area contributed by atoms with Gasteiger partial charge in [0.1, 0.15) is 0 Å². The van der Waals surface area contributed by atoms with Gasteiger partial charge in [0.25, 0.3) is 5.91 Å². The van der Waals surface area contributed by atoms with Gasteiger partial charge in [0.2, 0.25) is 0 Å². The first kappa shape index (κ1) is 22.3. The molecule has 0 radical (unpaired) electrons. The number of nitrogens with one attached hydrogen (secondary N) is 2. The summed E-state index contributed by atoms with van der Waals surface area (Å²) in [4.78, 5) is 16.5. The molecule has 4 aliphatic rings. The van der Waals surface area contributed by atoms with E-state index in [1.807, 2.05) is 0 Å². The Kier molecular flexibility index (Phi) is 5.86. The van der Waals surface area contributed by atoms with Crippen molar-refractivity contribution in [2.75, 3.05) is 0 Å². The number of aliphatic hydroxyl groups is 1. The Morgan fingerprint density at radius 2 is 1.88 bits per heavy atom. The third-order valence-electron chi connectivity index (χ3n) is 10.7. The number of hydrazine groups is 1. The van der Waals surface area contributed by atoms with Crippen LogP contribution in [0.25, 0.3) is 0 Å². The molecular weight excluding hydrogens is 398 g/mol. The number of hydrogen-bond donors (Lipinski definition) is 3. The number of amides is 1. The van der Waals surface area contributed by atoms with E-state index in [0.717, 1.165) is 36.5 Å². The molecule has 0 aromatic carbocycles. The molecule has 3 N–H and O–H groups in total. The molecule has 0 saturated heterocycles. The topological polar surface area (TPSA) is 74.2 Å². The summed E-state index contributed by atoms with van der Waals surface area (Å²) >= 11 is 0. The van der Waals surface area contributed by atoms with Gasteiger partial charge in [0.15, 0.2) is 0 Å². The number of carbonyl (C=O) groups excluding carboxylic acids is 1. The molecular formula is C27H41N3O2. The van der Waals surface area contributed by atoms with Crippen LogP contribution < -0.4 is 10.9 Å². The lowest BCUT2D eigenvalue weighted by molar-refractivity contribution is -0.128. The predicted octanol–water partition coefficient (Wildman–Crippen LogP) is 4.72. The standard InChI is InChI=1S/C27H41N3O2/c1-17(29-30-25(32)18-5-4-14-28-16-18)22-8-9-23-21-7-6-19-15-20(31)10-12-26(19,2)24(21)11-13-27(22,23)3/h4-5,14,16-17,19-24,29,31H,6-13,15H2,1-3H3,(H,30,32)/t17?,19-,20-,21-,22+,23-,24-,26-,27+/m0/s1. The van der Waals surface area contributed by atoms with Crippen molar-refractivity contribution in [2.45, 2.75) is 90.7 Å². The maximum atomic E-state index is 12.5. The normalized spacial score (nSPS) is 44.1. The lowest BCUT2D eigenvalue weighted by atomic mass is 9.44. The summed E-state index contributed by atoms with van der Waals surface area (Å²) in [5.74, 6) is 3.67. The summed E-state index contributed by atoms with van der Waals surface area (Å²) in [6.45, 7) is 7.36. The van der Waals surface area contributed by atoms with Gasteiger partial charge in [-0.25, -0.2) is 5.43 Å². The molecule has 5 rings (SSSR count). The molecule has 1 aromatic heterocycles. The predicted molar refractivity (Wildman–Crippen MR) is 126 cm³/mol. The smallest absolute Gasteiger partial charge is 0.266 e. The maximum absolute atomic E-state index is 12.5. The molecule has 1 unspecified atom stereocenters. The van der Waals surface area contributed by atoms with Crippen LogP contribution in [0, 0.1) is 40.4 Å². The van der Waals surface area contributed by atoms with Crippen LogP contribution in [0.1, 0.15) is 88.9 Å². The molecule has 4 saturated carbocycles. The highest BCUT2D eigenvalue weighted by Crippen LogP contribution is 2.67. The third kappa shape index (κ3) is 3.60. The van der Waals surface area contributed by atoms with E-state index in [2.05, 4.69) is 36.6 Å². The van der Waals surface area contributed by atoms with Crippen LogP contribution in [0.15, 0.2) is 24.5 Å². The minimum Gasteiger partial charge on any atom is -0.393 e. The van der Waals surface area contributed by atoms with Crippen molar-refractivity contribution in [2.24, 2.45) is 40.4 Å². The molecule has 1 aromatic rings. The highest BCUT2D eigenvalue weighted by molar-refractivity contribution is 5.93. The Bertz CT molecular complexity index is 831. The summed E-state index contributed by atoms with van der Waals surface area (Å²) < 4.78 is 0. The van der Waals surface area contributed by atoms with Crippen molar-refractivity contribution in [1.82, 2.24) is 15.8 Å². The highest BCUT2D eigenvalue weighted by Gasteiger charge is 2.60. The quantitative estimate of drug-likeness (QED) is 0.593. The molecule has 1 heterocycles. The Labute approximate surface area is 193 Å². The summed E-state index contributed by atoms with van der Waals surface area (Å²) in [6.07, 6.45) is 14.3. The number of aromatic nitrogens is 1. The van der Waals surface area contributed by atoms with E-state index in [-0.39, 0.29) is 18.1 Å². The van der Waals surface area contributed by atoms with Crippen molar-refractivity contribution in [3.8, 4) is 0 Å². The van der Waals surface area contributed by atoms with Crippen LogP contribution in [-0.4, -0.2) is 28.1 Å². The van der Waals surface area contributed by atoms with Crippen molar-refractivity contribution in [3.05, 3.63) is 30.1 Å². The maximum Gasteiger partial charge on any atom is 0.266 e. The average molecular weight is 440 g/mol. The van der Waals surface area contributed by atoms with Crippen molar-refractivity contribution in [3.63, 3.8) is 0 Å². The van der Waals surface area contributed by atoms with Gasteiger partial charge in [0, 0.05) is 18.4 Å². The first-order valence-electron chi connectivity index (χ1n) is 13.0. The van der Waals surface area contributed by atoms with Gasteiger partial charge in [-0.2, -0.15) is 0 Å². The number of aliphatic hydroxyl groups excluding tert-OH is 1. The molecule has 0 spiro atoms. The monoisotopic (exact) mass is 439 g/mol. The molecule has 32 heavy (non-hydrogen) atoms. The second-order valence-electron chi connectivity index (χ2n) is 11.9. The van der Waals surface area contributed by atoms with Crippen molar-refractivity contribution < 1.29 is 9.90 Å². The van der Waals surface area contributed by atoms with E-state index < -0.39 is 0 Å². The van der Waals surface area contributed by atoms with Gasteiger partial charge in [-0.05, 0) is 117 Å². The van der Waals surface area contributed by atoms with Crippen LogP contribution >= 0.6 is 0 Å². The van der Waals surface area contributed by atoms with Crippen molar-refractivity contribution >= 4 is 5.91 Å². The zero-order valence-electron chi connectivity index (χ0n) is 20.0. The second-order valence-corrected chi connectivity index (χ2v) is 11.9. The van der Waals surface area contributed by atoms with E-state index in [4.69, 9.17) is 0 Å². The number of nitrogens with zero attached hydrogens (tertiary/aromatic N) is 1. The first-order chi connectivity index (χ1) is 15.3. The molecule has 5 nitrogen and oxygen atoms in total. The first-order valence-corrected chi connectivity index (χ1v) is 13.0. The fraction of sp³-hybridized carbons (Fsp3) is 0.778. The van der Waals surface area contributed by atoms with E-state index in [1.165, 1.54) is 44.9 Å². The zero-order chi connectivity index (χ0) is 22.5. The second kappa shape index (κ2) is 8.39. The number of pyridine rings is 1. The minimum absolute atomic E-state index is 0.0665. The molecule has 0 aliphatic heterocycles. The molecule has 176 valence electrons. The van der Waals surface area contributed by atoms with Gasteiger partial charge in [-0.15, -0.1) is 0 Å². The Hall–Kier alpha value is -1.46. The zero-order valence-corrected chi connectivity index (χ0v) is 20.0. The summed E-state index contributed by atoms with van der Waals surface area (Å²) in [7, 11) is 0. The summed E-state index contributed by atoms with van der Waals surface area (Å²) in [6, 6.07) is 3.84. The Morgan fingerprint density at radius 1 is 1.09 bits per heavy atom. The third-order valence-corrected chi connectivity index (χ3v) is 10.7. The lowest BCUT2D eigenvalue weighted by Gasteiger charge is -2.61. The molecule has 5 heteroatoms. The molecule has 4 fully saturated rings. The summed E-state index contributed by atoms with van der Waals surface area (Å²) in [5, 5.41) is 10.3. The van der Waals surface area contributed by atoms with Crippen LogP contribution in [-0.2, 0) is 0 Å². The largest absolute Gasteiger partial charge is 0.393 e. The number of hydrogen-bond acceptors (Lipinski definition) is 4. The SMILES string of the molecule is CC(NNC(=O)c1cccnc1)[C@H]1CC[C@H]2[C@@H]3CC[C@H]4C[C@@H](O)CC[C@]4(C)[C@H]3CC[C@]12C. The van der Waals surface area contributed by atoms with Gasteiger partial charge in [0.05, 0.1) is 11.7 Å². The van der Waals surface area contributed by atoms with Gasteiger partial charge in [-0.1, -0.05) is 13.8 Å². The van der Waals surface area contributed by atoms with Gasteiger partial charge in [-0.3, -0.25) is 15.2 Å². The van der Waals surface area contributed by atoms with E-state index in [0.29, 0.717) is 22.3 Å². The molecule has 1 amide bonds. The molecule has 4 aliphatic carbocycles. The number of carbonyl (C=O) groups is 1. The van der Waals surface area contributed by atoms with E-state index >= 15 is 0 Å². The van der Waals surface area contributed by atoms with E-state index in [9.17, 15) is 9.90 Å². The van der Waals surface area contributed by atoms with E-state index in [1.54, 1.807) is 24.5 Å². The fourth-order valence-corrected chi connectivity index (χ4v) is 8.95. The molecule has 9 atom stereocenters. The number of fused-ring (bicyclic) bond motifs is 5. The Morgan fingerprint density at radius 3 is 2.66 bits per heavy atom. The van der Waals surface area contributed by atoms with Gasteiger partial charge >= 0.3 is 0 Å².